The first-order valence-electron chi connectivity index (χ1n) is 9.45. The number of esters is 1. The molecule has 1 atom stereocenters. The summed E-state index contributed by atoms with van der Waals surface area (Å²) in [6.45, 7) is 2.68. The molecule has 1 unspecified atom stereocenters. The first-order valence-corrected chi connectivity index (χ1v) is 9.45. The molecular formula is C22H26FNO5. The van der Waals surface area contributed by atoms with Crippen LogP contribution in [0.5, 0.6) is 5.75 Å². The molecule has 0 saturated heterocycles. The van der Waals surface area contributed by atoms with E-state index >= 15 is 0 Å². The molecule has 0 amide bonds. The molecule has 2 aromatic carbocycles. The summed E-state index contributed by atoms with van der Waals surface area (Å²) in [4.78, 5) is 25.6. The fourth-order valence-corrected chi connectivity index (χ4v) is 3.06. The van der Waals surface area contributed by atoms with E-state index in [4.69, 9.17) is 14.6 Å². The Bertz CT molecular complexity index is 792. The monoisotopic (exact) mass is 403 g/mol. The van der Waals surface area contributed by atoms with Crippen LogP contribution in [0.3, 0.4) is 0 Å². The second-order valence-corrected chi connectivity index (χ2v) is 6.52. The van der Waals surface area contributed by atoms with Gasteiger partial charge in [0.2, 0.25) is 0 Å². The molecular weight excluding hydrogens is 377 g/mol. The third-order valence-corrected chi connectivity index (χ3v) is 4.44. The number of benzene rings is 2. The number of halogens is 1. The van der Waals surface area contributed by atoms with Gasteiger partial charge in [-0.2, -0.15) is 0 Å². The molecule has 0 saturated carbocycles. The van der Waals surface area contributed by atoms with E-state index in [1.807, 2.05) is 29.2 Å². The average Bonchev–Trinajstić information content (AvgIpc) is 2.70. The van der Waals surface area contributed by atoms with Crippen molar-refractivity contribution in [3.63, 3.8) is 0 Å². The first-order chi connectivity index (χ1) is 13.9. The summed E-state index contributed by atoms with van der Waals surface area (Å²) < 4.78 is 23.8. The van der Waals surface area contributed by atoms with Gasteiger partial charge in [0.05, 0.1) is 13.7 Å². The van der Waals surface area contributed by atoms with Gasteiger partial charge in [-0.3, -0.25) is 9.69 Å². The number of carbonyl (C=O) groups excluding carboxylic acids is 1. The Morgan fingerprint density at radius 1 is 1.10 bits per heavy atom. The third kappa shape index (κ3) is 6.87. The maximum absolute atomic E-state index is 13.4. The SMILES string of the molecule is CCOC(=O)C(c1ccc(F)cc1)N(CCCC(=O)O)Cc1ccc(OC)cc1. The lowest BCUT2D eigenvalue weighted by atomic mass is 10.0. The predicted molar refractivity (Wildman–Crippen MR) is 106 cm³/mol. The zero-order valence-corrected chi connectivity index (χ0v) is 16.6. The molecule has 0 spiro atoms. The molecule has 1 N–H and O–H groups in total. The van der Waals surface area contributed by atoms with Crippen LogP contribution in [-0.2, 0) is 20.9 Å². The Kier molecular flexibility index (Phi) is 8.61. The molecule has 6 nitrogen and oxygen atoms in total. The zero-order valence-electron chi connectivity index (χ0n) is 16.6. The summed E-state index contributed by atoms with van der Waals surface area (Å²) in [6, 6.07) is 12.3. The maximum Gasteiger partial charge on any atom is 0.328 e. The van der Waals surface area contributed by atoms with E-state index in [9.17, 15) is 14.0 Å². The fourth-order valence-electron chi connectivity index (χ4n) is 3.06. The van der Waals surface area contributed by atoms with Gasteiger partial charge in [0.25, 0.3) is 0 Å². The summed E-state index contributed by atoms with van der Waals surface area (Å²) in [5.74, 6) is -1.04. The van der Waals surface area contributed by atoms with Crippen molar-refractivity contribution in [1.29, 1.82) is 0 Å². The van der Waals surface area contributed by atoms with Gasteiger partial charge in [-0.1, -0.05) is 24.3 Å². The lowest BCUT2D eigenvalue weighted by Crippen LogP contribution is -2.36. The second kappa shape index (κ2) is 11.2. The number of nitrogens with zero attached hydrogens (tertiary/aromatic N) is 1. The van der Waals surface area contributed by atoms with Crippen LogP contribution < -0.4 is 4.74 Å². The van der Waals surface area contributed by atoms with Crippen LogP contribution in [0.15, 0.2) is 48.5 Å². The number of carboxylic acid groups (broad SMARTS) is 1. The highest BCUT2D eigenvalue weighted by molar-refractivity contribution is 5.77. The summed E-state index contributed by atoms with van der Waals surface area (Å²) in [6.07, 6.45) is 0.348. The minimum atomic E-state index is -0.899. The molecule has 0 radical (unpaired) electrons. The van der Waals surface area contributed by atoms with Crippen LogP contribution in [-0.4, -0.2) is 42.2 Å². The molecule has 0 fully saturated rings. The van der Waals surface area contributed by atoms with Crippen molar-refractivity contribution >= 4 is 11.9 Å². The Morgan fingerprint density at radius 3 is 2.31 bits per heavy atom. The second-order valence-electron chi connectivity index (χ2n) is 6.52. The van der Waals surface area contributed by atoms with Gasteiger partial charge in [-0.05, 0) is 48.7 Å². The van der Waals surface area contributed by atoms with E-state index in [1.54, 1.807) is 26.2 Å². The van der Waals surface area contributed by atoms with Crippen LogP contribution in [0.25, 0.3) is 0 Å². The molecule has 2 aromatic rings. The first kappa shape index (κ1) is 22.4. The number of carbonyl (C=O) groups is 2. The van der Waals surface area contributed by atoms with Crippen LogP contribution in [0.4, 0.5) is 4.39 Å². The van der Waals surface area contributed by atoms with E-state index in [-0.39, 0.29) is 13.0 Å². The number of ether oxygens (including phenoxy) is 2. The van der Waals surface area contributed by atoms with Crippen molar-refractivity contribution in [2.75, 3.05) is 20.3 Å². The van der Waals surface area contributed by atoms with E-state index < -0.39 is 23.8 Å². The molecule has 0 aliphatic carbocycles. The highest BCUT2D eigenvalue weighted by atomic mass is 19.1. The van der Waals surface area contributed by atoms with Crippen LogP contribution >= 0.6 is 0 Å². The maximum atomic E-state index is 13.4. The lowest BCUT2D eigenvalue weighted by molar-refractivity contribution is -0.150. The summed E-state index contributed by atoms with van der Waals surface area (Å²) in [5, 5.41) is 8.99. The number of carboxylic acids is 1. The molecule has 29 heavy (non-hydrogen) atoms. The normalized spacial score (nSPS) is 11.9. The Balaban J connectivity index is 2.33. The number of methoxy groups -OCH3 is 1. The van der Waals surface area contributed by atoms with E-state index in [2.05, 4.69) is 0 Å². The zero-order chi connectivity index (χ0) is 21.2. The smallest absolute Gasteiger partial charge is 0.328 e. The molecule has 0 aliphatic rings. The van der Waals surface area contributed by atoms with Crippen LogP contribution in [0.1, 0.15) is 36.9 Å². The molecule has 0 heterocycles. The summed E-state index contributed by atoms with van der Waals surface area (Å²) >= 11 is 0. The van der Waals surface area contributed by atoms with Crippen molar-refractivity contribution in [2.24, 2.45) is 0 Å². The Hall–Kier alpha value is -2.93. The predicted octanol–water partition coefficient (Wildman–Crippen LogP) is 3.81. The fraction of sp³-hybridized carbons (Fsp3) is 0.364. The topological polar surface area (TPSA) is 76.1 Å². The van der Waals surface area contributed by atoms with E-state index in [0.29, 0.717) is 30.8 Å². The van der Waals surface area contributed by atoms with Crippen LogP contribution in [0, 0.1) is 5.82 Å². The summed E-state index contributed by atoms with van der Waals surface area (Å²) in [7, 11) is 1.58. The van der Waals surface area contributed by atoms with Gasteiger partial charge in [-0.15, -0.1) is 0 Å². The van der Waals surface area contributed by atoms with Gasteiger partial charge in [0.1, 0.15) is 17.6 Å². The van der Waals surface area contributed by atoms with Gasteiger partial charge in [-0.25, -0.2) is 9.18 Å². The van der Waals surface area contributed by atoms with Crippen molar-refractivity contribution < 1.29 is 28.6 Å². The highest BCUT2D eigenvalue weighted by Gasteiger charge is 2.29. The van der Waals surface area contributed by atoms with Crippen molar-refractivity contribution in [1.82, 2.24) is 4.90 Å². The van der Waals surface area contributed by atoms with Crippen molar-refractivity contribution in [3.8, 4) is 5.75 Å². The molecule has 156 valence electrons. The molecule has 0 aromatic heterocycles. The molecule has 0 bridgehead atoms. The number of hydrogen-bond donors (Lipinski definition) is 1. The minimum absolute atomic E-state index is 0.0158. The number of aliphatic carboxylic acids is 1. The largest absolute Gasteiger partial charge is 0.497 e. The lowest BCUT2D eigenvalue weighted by Gasteiger charge is -2.30. The van der Waals surface area contributed by atoms with E-state index in [0.717, 1.165) is 5.56 Å². The Morgan fingerprint density at radius 2 is 1.76 bits per heavy atom. The van der Waals surface area contributed by atoms with Gasteiger partial charge in [0, 0.05) is 19.5 Å². The standard InChI is InChI=1S/C22H26FNO5/c1-3-29-22(27)21(17-8-10-18(23)11-9-17)24(14-4-5-20(25)26)15-16-6-12-19(28-2)13-7-16/h6-13,21H,3-5,14-15H2,1-2H3,(H,25,26). The number of rotatable bonds is 11. The van der Waals surface area contributed by atoms with E-state index in [1.165, 1.54) is 12.1 Å². The average molecular weight is 403 g/mol. The Labute approximate surface area is 169 Å². The molecule has 7 heteroatoms. The molecule has 0 aliphatic heterocycles. The van der Waals surface area contributed by atoms with Crippen molar-refractivity contribution in [2.45, 2.75) is 32.4 Å². The quantitative estimate of drug-likeness (QED) is 0.575. The minimum Gasteiger partial charge on any atom is -0.497 e. The van der Waals surface area contributed by atoms with Gasteiger partial charge >= 0.3 is 11.9 Å². The van der Waals surface area contributed by atoms with Gasteiger partial charge < -0.3 is 14.6 Å². The van der Waals surface area contributed by atoms with Gasteiger partial charge in [0.15, 0.2) is 0 Å². The number of hydrogen-bond acceptors (Lipinski definition) is 5. The highest BCUT2D eigenvalue weighted by Crippen LogP contribution is 2.26. The van der Waals surface area contributed by atoms with Crippen LogP contribution in [0.2, 0.25) is 0 Å². The van der Waals surface area contributed by atoms with Crippen molar-refractivity contribution in [3.05, 3.63) is 65.5 Å². The third-order valence-electron chi connectivity index (χ3n) is 4.44. The summed E-state index contributed by atoms with van der Waals surface area (Å²) in [5.41, 5.74) is 1.52. The molecule has 2 rings (SSSR count).